The van der Waals surface area contributed by atoms with Crippen molar-refractivity contribution < 1.29 is 23.1 Å². The van der Waals surface area contributed by atoms with Gasteiger partial charge < -0.3 is 14.7 Å². The first-order valence-corrected chi connectivity index (χ1v) is 13.4. The third kappa shape index (κ3) is 5.82. The number of anilines is 2. The van der Waals surface area contributed by atoms with Crippen LogP contribution in [0.3, 0.4) is 0 Å². The Kier molecular flexibility index (Phi) is 7.96. The Morgan fingerprint density at radius 1 is 1.24 bits per heavy atom. The van der Waals surface area contributed by atoms with Gasteiger partial charge >= 0.3 is 5.97 Å². The highest BCUT2D eigenvalue weighted by Gasteiger charge is 2.42. The topological polar surface area (TPSA) is 83.9 Å². The molecule has 1 heterocycles. The van der Waals surface area contributed by atoms with Gasteiger partial charge in [-0.25, -0.2) is 8.42 Å². The lowest BCUT2D eigenvalue weighted by atomic mass is 9.81. The van der Waals surface area contributed by atoms with Crippen LogP contribution in [0.25, 0.3) is 0 Å². The van der Waals surface area contributed by atoms with Gasteiger partial charge in [-0.05, 0) is 38.0 Å². The molecule has 0 amide bonds. The first-order chi connectivity index (χ1) is 15.6. The number of benzene rings is 2. The summed E-state index contributed by atoms with van der Waals surface area (Å²) in [6, 6.07) is 12.8. The van der Waals surface area contributed by atoms with Gasteiger partial charge in [-0.15, -0.1) is 0 Å². The standard InChI is InChI=1S/C25H32ClNO5S/c1-4-6-12-25(5-2)16-27(19-10-8-7-9-11-19)21-14-20(26)22(32-18(3)13-24(28)29)15-23(21)33(30,31)17-25/h7-11,14-15,18H,4-6,12-13,16-17H2,1-3H3,(H,28,29)/t18?,25-/m1/s1. The van der Waals surface area contributed by atoms with Crippen LogP contribution in [-0.2, 0) is 14.6 Å². The summed E-state index contributed by atoms with van der Waals surface area (Å²) >= 11 is 6.54. The minimum Gasteiger partial charge on any atom is -0.489 e. The highest BCUT2D eigenvalue weighted by Crippen LogP contribution is 2.46. The molecule has 0 bridgehead atoms. The van der Waals surface area contributed by atoms with Gasteiger partial charge in [0.25, 0.3) is 0 Å². The van der Waals surface area contributed by atoms with Crippen LogP contribution in [0, 0.1) is 5.41 Å². The van der Waals surface area contributed by atoms with E-state index in [0.29, 0.717) is 12.2 Å². The van der Waals surface area contributed by atoms with E-state index in [1.54, 1.807) is 13.0 Å². The second kappa shape index (κ2) is 10.3. The Balaban J connectivity index is 2.17. The smallest absolute Gasteiger partial charge is 0.307 e. The number of halogens is 1. The largest absolute Gasteiger partial charge is 0.489 e. The highest BCUT2D eigenvalue weighted by molar-refractivity contribution is 7.91. The molecular formula is C25H32ClNO5S. The van der Waals surface area contributed by atoms with Crippen LogP contribution in [0.1, 0.15) is 52.9 Å². The van der Waals surface area contributed by atoms with Gasteiger partial charge in [-0.1, -0.05) is 56.5 Å². The fourth-order valence-corrected chi connectivity index (χ4v) is 6.84. The molecule has 0 radical (unpaired) electrons. The third-order valence-electron chi connectivity index (χ3n) is 6.30. The minimum atomic E-state index is -3.66. The van der Waals surface area contributed by atoms with Crippen molar-refractivity contribution in [3.63, 3.8) is 0 Å². The molecule has 3 rings (SSSR count). The van der Waals surface area contributed by atoms with Crippen molar-refractivity contribution in [2.75, 3.05) is 17.2 Å². The van der Waals surface area contributed by atoms with Crippen molar-refractivity contribution in [3.05, 3.63) is 47.5 Å². The first kappa shape index (κ1) is 25.4. The number of ether oxygens (including phenoxy) is 1. The van der Waals surface area contributed by atoms with Gasteiger partial charge in [0.1, 0.15) is 11.9 Å². The predicted molar refractivity (Wildman–Crippen MR) is 132 cm³/mol. The minimum absolute atomic E-state index is 0.0403. The van der Waals surface area contributed by atoms with Crippen LogP contribution in [-0.4, -0.2) is 37.9 Å². The lowest BCUT2D eigenvalue weighted by Gasteiger charge is -2.36. The molecule has 0 saturated carbocycles. The lowest BCUT2D eigenvalue weighted by molar-refractivity contribution is -0.138. The monoisotopic (exact) mass is 493 g/mol. The molecular weight excluding hydrogens is 462 g/mol. The van der Waals surface area contributed by atoms with E-state index in [0.717, 1.165) is 31.4 Å². The van der Waals surface area contributed by atoms with Crippen LogP contribution in [0.2, 0.25) is 5.02 Å². The molecule has 1 N–H and O–H groups in total. The number of nitrogens with zero attached hydrogens (tertiary/aromatic N) is 1. The summed E-state index contributed by atoms with van der Waals surface area (Å²) in [5, 5.41) is 9.29. The van der Waals surface area contributed by atoms with Gasteiger partial charge in [-0.3, -0.25) is 4.79 Å². The van der Waals surface area contributed by atoms with E-state index in [1.165, 1.54) is 6.07 Å². The summed E-state index contributed by atoms with van der Waals surface area (Å²) in [5.74, 6) is -0.781. The first-order valence-electron chi connectivity index (χ1n) is 11.4. The predicted octanol–water partition coefficient (Wildman–Crippen LogP) is 6.09. The average Bonchev–Trinajstić information content (AvgIpc) is 2.85. The van der Waals surface area contributed by atoms with Crippen molar-refractivity contribution in [1.29, 1.82) is 0 Å². The van der Waals surface area contributed by atoms with Crippen molar-refractivity contribution in [2.45, 2.75) is 63.9 Å². The molecule has 8 heteroatoms. The number of aliphatic carboxylic acids is 1. The number of carbonyl (C=O) groups is 1. The number of hydrogen-bond acceptors (Lipinski definition) is 5. The molecule has 1 aliphatic rings. The average molecular weight is 494 g/mol. The van der Waals surface area contributed by atoms with Crippen molar-refractivity contribution >= 4 is 38.8 Å². The van der Waals surface area contributed by atoms with E-state index in [1.807, 2.05) is 30.3 Å². The summed E-state index contributed by atoms with van der Waals surface area (Å²) in [4.78, 5) is 13.3. The number of carboxylic acids is 1. The molecule has 180 valence electrons. The van der Waals surface area contributed by atoms with E-state index in [2.05, 4.69) is 18.7 Å². The molecule has 0 aromatic heterocycles. The second-order valence-electron chi connectivity index (χ2n) is 8.91. The molecule has 0 spiro atoms. The molecule has 2 aromatic carbocycles. The highest BCUT2D eigenvalue weighted by atomic mass is 35.5. The molecule has 2 aromatic rings. The molecule has 0 saturated heterocycles. The Morgan fingerprint density at radius 3 is 2.55 bits per heavy atom. The van der Waals surface area contributed by atoms with E-state index >= 15 is 0 Å². The molecule has 2 atom stereocenters. The maximum Gasteiger partial charge on any atom is 0.307 e. The van der Waals surface area contributed by atoms with Gasteiger partial charge in [0.15, 0.2) is 9.84 Å². The summed E-state index contributed by atoms with van der Waals surface area (Å²) < 4.78 is 33.2. The zero-order valence-corrected chi connectivity index (χ0v) is 21.0. The molecule has 33 heavy (non-hydrogen) atoms. The molecule has 0 fully saturated rings. The van der Waals surface area contributed by atoms with E-state index < -0.39 is 27.3 Å². The summed E-state index contributed by atoms with van der Waals surface area (Å²) in [6.45, 7) is 6.35. The lowest BCUT2D eigenvalue weighted by Crippen LogP contribution is -2.37. The molecule has 0 aliphatic carbocycles. The second-order valence-corrected chi connectivity index (χ2v) is 11.3. The van der Waals surface area contributed by atoms with Crippen LogP contribution in [0.15, 0.2) is 47.4 Å². The molecule has 1 unspecified atom stereocenters. The van der Waals surface area contributed by atoms with Gasteiger partial charge in [0.2, 0.25) is 0 Å². The number of sulfone groups is 1. The van der Waals surface area contributed by atoms with Crippen molar-refractivity contribution in [1.82, 2.24) is 0 Å². The normalized spacial score (nSPS) is 20.5. The Morgan fingerprint density at radius 2 is 1.94 bits per heavy atom. The Hall–Kier alpha value is -2.25. The van der Waals surface area contributed by atoms with Crippen LogP contribution < -0.4 is 9.64 Å². The van der Waals surface area contributed by atoms with E-state index in [4.69, 9.17) is 21.4 Å². The van der Waals surface area contributed by atoms with Crippen LogP contribution in [0.5, 0.6) is 5.75 Å². The number of rotatable bonds is 9. The molecule has 1 aliphatic heterocycles. The Bertz CT molecular complexity index is 1090. The third-order valence-corrected chi connectivity index (χ3v) is 8.58. The van der Waals surface area contributed by atoms with Gasteiger partial charge in [0, 0.05) is 23.7 Å². The number of para-hydroxylation sites is 1. The number of hydrogen-bond donors (Lipinski definition) is 1. The van der Waals surface area contributed by atoms with Gasteiger partial charge in [0.05, 0.1) is 27.8 Å². The summed E-state index contributed by atoms with van der Waals surface area (Å²) in [5.41, 5.74) is 1.01. The maximum absolute atomic E-state index is 13.7. The quantitative estimate of drug-likeness (QED) is 0.454. The van der Waals surface area contributed by atoms with Crippen LogP contribution >= 0.6 is 11.6 Å². The number of fused-ring (bicyclic) bond motifs is 1. The van der Waals surface area contributed by atoms with E-state index in [9.17, 15) is 13.2 Å². The zero-order chi connectivity index (χ0) is 24.2. The Labute approximate surface area is 201 Å². The zero-order valence-electron chi connectivity index (χ0n) is 19.4. The van der Waals surface area contributed by atoms with E-state index in [-0.39, 0.29) is 27.8 Å². The van der Waals surface area contributed by atoms with Crippen molar-refractivity contribution in [2.24, 2.45) is 5.41 Å². The maximum atomic E-state index is 13.7. The van der Waals surface area contributed by atoms with Gasteiger partial charge in [-0.2, -0.15) is 0 Å². The number of carboxylic acid groups (broad SMARTS) is 1. The SMILES string of the molecule is CCCC[C@]1(CC)CN(c2ccccc2)c2cc(Cl)c(OC(C)CC(=O)O)cc2S(=O)(=O)C1. The fourth-order valence-electron chi connectivity index (χ4n) is 4.46. The fraction of sp³-hybridized carbons (Fsp3) is 0.480. The number of unbranched alkanes of at least 4 members (excludes halogenated alkanes) is 1. The molecule has 6 nitrogen and oxygen atoms in total. The van der Waals surface area contributed by atoms with Crippen LogP contribution in [0.4, 0.5) is 11.4 Å². The summed E-state index contributed by atoms with van der Waals surface area (Å²) in [7, 11) is -3.66. The summed E-state index contributed by atoms with van der Waals surface area (Å²) in [6.07, 6.45) is 2.61. The van der Waals surface area contributed by atoms with Crippen molar-refractivity contribution in [3.8, 4) is 5.75 Å².